The quantitative estimate of drug-likeness (QED) is 0.877. The molecule has 0 aliphatic rings. The molecule has 1 heterocycles. The first-order valence-corrected chi connectivity index (χ1v) is 7.74. The molecule has 112 valence electrons. The van der Waals surface area contributed by atoms with Gasteiger partial charge in [0.2, 0.25) is 10.0 Å². The van der Waals surface area contributed by atoms with E-state index in [2.05, 4.69) is 10.3 Å². The molecule has 0 aliphatic heterocycles. The van der Waals surface area contributed by atoms with Crippen molar-refractivity contribution in [3.8, 4) is 5.75 Å². The minimum Gasteiger partial charge on any atom is -0.506 e. The summed E-state index contributed by atoms with van der Waals surface area (Å²) < 4.78 is 25.0. The number of sulfonamides is 1. The maximum absolute atomic E-state index is 11.9. The zero-order valence-electron chi connectivity index (χ0n) is 11.8. The van der Waals surface area contributed by atoms with Crippen LogP contribution < -0.4 is 5.32 Å². The van der Waals surface area contributed by atoms with Gasteiger partial charge in [-0.05, 0) is 36.4 Å². The van der Waals surface area contributed by atoms with E-state index in [1.54, 1.807) is 36.4 Å². The second kappa shape index (κ2) is 6.11. The Labute approximate surface area is 124 Å². The van der Waals surface area contributed by atoms with Crippen molar-refractivity contribution in [2.75, 3.05) is 19.4 Å². The third-order valence-electron chi connectivity index (χ3n) is 2.92. The average molecular weight is 307 g/mol. The van der Waals surface area contributed by atoms with E-state index in [1.807, 2.05) is 0 Å². The lowest BCUT2D eigenvalue weighted by Crippen LogP contribution is -2.22. The molecule has 0 saturated carbocycles. The van der Waals surface area contributed by atoms with E-state index in [0.29, 0.717) is 6.54 Å². The number of pyridine rings is 1. The lowest BCUT2D eigenvalue weighted by atomic mass is 10.3. The largest absolute Gasteiger partial charge is 0.506 e. The zero-order chi connectivity index (χ0) is 15.5. The summed E-state index contributed by atoms with van der Waals surface area (Å²) in [6, 6.07) is 9.81. The Morgan fingerprint density at radius 2 is 1.81 bits per heavy atom. The maximum atomic E-state index is 11.9. The lowest BCUT2D eigenvalue weighted by Gasteiger charge is -2.12. The molecule has 0 radical (unpaired) electrons. The fraction of sp³-hybridized carbons (Fsp3) is 0.214. The number of benzene rings is 1. The Hall–Kier alpha value is -2.12. The highest BCUT2D eigenvalue weighted by Crippen LogP contribution is 2.17. The minimum atomic E-state index is -3.40. The fourth-order valence-corrected chi connectivity index (χ4v) is 2.57. The van der Waals surface area contributed by atoms with Crippen LogP contribution in [-0.2, 0) is 16.6 Å². The molecule has 0 bridgehead atoms. The normalized spacial score (nSPS) is 11.6. The molecule has 1 aromatic carbocycles. The molecule has 0 amide bonds. The van der Waals surface area contributed by atoms with Crippen molar-refractivity contribution >= 4 is 15.7 Å². The molecule has 0 spiro atoms. The third-order valence-corrected chi connectivity index (χ3v) is 4.74. The molecule has 1 aromatic heterocycles. The van der Waals surface area contributed by atoms with Gasteiger partial charge in [0, 0.05) is 19.8 Å². The molecule has 0 aliphatic carbocycles. The smallest absolute Gasteiger partial charge is 0.242 e. The van der Waals surface area contributed by atoms with Gasteiger partial charge in [0.05, 0.1) is 23.3 Å². The van der Waals surface area contributed by atoms with Crippen molar-refractivity contribution in [2.24, 2.45) is 0 Å². The summed E-state index contributed by atoms with van der Waals surface area (Å²) in [6.45, 7) is 0.486. The van der Waals surface area contributed by atoms with Gasteiger partial charge in [0.15, 0.2) is 0 Å². The highest BCUT2D eigenvalue weighted by molar-refractivity contribution is 7.89. The fourth-order valence-electron chi connectivity index (χ4n) is 1.67. The maximum Gasteiger partial charge on any atom is 0.242 e. The van der Waals surface area contributed by atoms with Crippen LogP contribution in [0.15, 0.2) is 47.5 Å². The second-order valence-electron chi connectivity index (χ2n) is 4.67. The van der Waals surface area contributed by atoms with E-state index in [4.69, 9.17) is 5.11 Å². The number of nitrogens with one attached hydrogen (secondary N) is 1. The molecular formula is C14H17N3O3S. The molecule has 6 nitrogen and oxygen atoms in total. The summed E-state index contributed by atoms with van der Waals surface area (Å²) in [5.74, 6) is 0.122. The van der Waals surface area contributed by atoms with Crippen molar-refractivity contribution in [3.63, 3.8) is 0 Å². The first-order valence-electron chi connectivity index (χ1n) is 6.30. The van der Waals surface area contributed by atoms with Crippen molar-refractivity contribution in [3.05, 3.63) is 48.3 Å². The number of rotatable bonds is 5. The number of hydrogen-bond acceptors (Lipinski definition) is 5. The van der Waals surface area contributed by atoms with Crippen LogP contribution in [0.1, 0.15) is 5.69 Å². The van der Waals surface area contributed by atoms with Gasteiger partial charge in [-0.2, -0.15) is 0 Å². The van der Waals surface area contributed by atoms with Crippen molar-refractivity contribution in [1.29, 1.82) is 0 Å². The predicted octanol–water partition coefficient (Wildman–Crippen LogP) is 1.65. The van der Waals surface area contributed by atoms with Crippen LogP contribution in [-0.4, -0.2) is 36.9 Å². The molecule has 0 fully saturated rings. The van der Waals surface area contributed by atoms with Gasteiger partial charge < -0.3 is 10.4 Å². The van der Waals surface area contributed by atoms with E-state index in [0.717, 1.165) is 11.4 Å². The van der Waals surface area contributed by atoms with Gasteiger partial charge in [0.1, 0.15) is 5.75 Å². The predicted molar refractivity (Wildman–Crippen MR) is 80.5 cm³/mol. The summed E-state index contributed by atoms with van der Waals surface area (Å²) in [4.78, 5) is 4.31. The number of aromatic hydroxyl groups is 1. The van der Waals surface area contributed by atoms with E-state index in [9.17, 15) is 8.42 Å². The van der Waals surface area contributed by atoms with Gasteiger partial charge in [-0.15, -0.1) is 0 Å². The van der Waals surface area contributed by atoms with Gasteiger partial charge in [-0.3, -0.25) is 4.98 Å². The Bertz CT molecular complexity index is 695. The van der Waals surface area contributed by atoms with Crippen LogP contribution in [0.3, 0.4) is 0 Å². The minimum absolute atomic E-state index is 0.122. The molecule has 2 rings (SSSR count). The summed E-state index contributed by atoms with van der Waals surface area (Å²) in [5.41, 5.74) is 1.57. The van der Waals surface area contributed by atoms with Crippen LogP contribution >= 0.6 is 0 Å². The van der Waals surface area contributed by atoms with Crippen LogP contribution in [0.2, 0.25) is 0 Å². The SMILES string of the molecule is CN(C)S(=O)(=O)c1ccc(NCc2ccc(O)cn2)cc1. The van der Waals surface area contributed by atoms with Crippen LogP contribution in [0.5, 0.6) is 5.75 Å². The Kier molecular flexibility index (Phi) is 4.44. The summed E-state index contributed by atoms with van der Waals surface area (Å²) in [5, 5.41) is 12.3. The Morgan fingerprint density at radius 1 is 1.14 bits per heavy atom. The topological polar surface area (TPSA) is 82.5 Å². The number of nitrogens with zero attached hydrogens (tertiary/aromatic N) is 2. The van der Waals surface area contributed by atoms with Gasteiger partial charge in [-0.25, -0.2) is 12.7 Å². The summed E-state index contributed by atoms with van der Waals surface area (Å²) in [6.07, 6.45) is 1.38. The van der Waals surface area contributed by atoms with E-state index < -0.39 is 10.0 Å². The number of anilines is 1. The molecule has 21 heavy (non-hydrogen) atoms. The first kappa shape index (κ1) is 15.3. The third kappa shape index (κ3) is 3.71. The monoisotopic (exact) mass is 307 g/mol. The molecular weight excluding hydrogens is 290 g/mol. The Morgan fingerprint density at radius 3 is 2.33 bits per heavy atom. The average Bonchev–Trinajstić information content (AvgIpc) is 2.47. The van der Waals surface area contributed by atoms with Crippen LogP contribution in [0.25, 0.3) is 0 Å². The standard InChI is InChI=1S/C14H17N3O3S/c1-17(2)21(19,20)14-7-4-11(5-8-14)15-9-12-3-6-13(18)10-16-12/h3-8,10,15,18H,9H2,1-2H3. The summed E-state index contributed by atoms with van der Waals surface area (Å²) in [7, 11) is -0.404. The van der Waals surface area contributed by atoms with E-state index in [1.165, 1.54) is 24.6 Å². The molecule has 0 unspecified atom stereocenters. The molecule has 0 saturated heterocycles. The lowest BCUT2D eigenvalue weighted by molar-refractivity contribution is 0.472. The molecule has 2 N–H and O–H groups in total. The number of hydrogen-bond donors (Lipinski definition) is 2. The van der Waals surface area contributed by atoms with Crippen LogP contribution in [0.4, 0.5) is 5.69 Å². The van der Waals surface area contributed by atoms with Crippen molar-refractivity contribution in [1.82, 2.24) is 9.29 Å². The van der Waals surface area contributed by atoms with Gasteiger partial charge >= 0.3 is 0 Å². The zero-order valence-corrected chi connectivity index (χ0v) is 12.6. The first-order chi connectivity index (χ1) is 9.89. The highest BCUT2D eigenvalue weighted by atomic mass is 32.2. The van der Waals surface area contributed by atoms with Crippen LogP contribution in [0, 0.1) is 0 Å². The number of aromatic nitrogens is 1. The highest BCUT2D eigenvalue weighted by Gasteiger charge is 2.16. The van der Waals surface area contributed by atoms with E-state index >= 15 is 0 Å². The Balaban J connectivity index is 2.05. The molecule has 0 atom stereocenters. The van der Waals surface area contributed by atoms with Crippen molar-refractivity contribution < 1.29 is 13.5 Å². The molecule has 7 heteroatoms. The van der Waals surface area contributed by atoms with Gasteiger partial charge in [-0.1, -0.05) is 0 Å². The van der Waals surface area contributed by atoms with Gasteiger partial charge in [0.25, 0.3) is 0 Å². The van der Waals surface area contributed by atoms with E-state index in [-0.39, 0.29) is 10.6 Å². The summed E-state index contributed by atoms with van der Waals surface area (Å²) >= 11 is 0. The second-order valence-corrected chi connectivity index (χ2v) is 6.82. The molecule has 2 aromatic rings. The van der Waals surface area contributed by atoms with Crippen molar-refractivity contribution in [2.45, 2.75) is 11.4 Å².